The van der Waals surface area contributed by atoms with Crippen molar-refractivity contribution in [3.63, 3.8) is 0 Å². The number of hydrogen-bond donors (Lipinski definition) is 1. The molecule has 1 N–H and O–H groups in total. The predicted molar refractivity (Wildman–Crippen MR) is 92.3 cm³/mol. The fourth-order valence-corrected chi connectivity index (χ4v) is 3.01. The Labute approximate surface area is 155 Å². The molecule has 4 nitrogen and oxygen atoms in total. The summed E-state index contributed by atoms with van der Waals surface area (Å²) in [6, 6.07) is 6.82. The van der Waals surface area contributed by atoms with Gasteiger partial charge < -0.3 is 9.72 Å². The van der Waals surface area contributed by atoms with Gasteiger partial charge in [0, 0.05) is 16.7 Å². The van der Waals surface area contributed by atoms with Crippen LogP contribution in [0.5, 0.6) is 5.75 Å². The van der Waals surface area contributed by atoms with Gasteiger partial charge >= 0.3 is 12.1 Å². The Morgan fingerprint density at radius 1 is 1.15 bits per heavy atom. The van der Waals surface area contributed by atoms with Crippen molar-refractivity contribution < 1.29 is 26.7 Å². The minimum atomic E-state index is -5.68. The summed E-state index contributed by atoms with van der Waals surface area (Å²) in [6.45, 7) is -0.288. The average molecular weight is 403 g/mol. The number of ether oxygens (including phenoxy) is 1. The number of pyridine rings is 1. The maximum absolute atomic E-state index is 13.1. The number of aromatic nitrogens is 3. The molecule has 0 fully saturated rings. The first kappa shape index (κ1) is 19.4. The SMILES string of the molecule is CSc1cccc2[nH]c(-c3nccc(OCC(F)(F)C(F)(F)F)c3C)nc12. The van der Waals surface area contributed by atoms with E-state index in [1.54, 1.807) is 0 Å². The van der Waals surface area contributed by atoms with E-state index < -0.39 is 18.7 Å². The standard InChI is InChI=1S/C17H14F5N3OS/c1-9-11(26-8-16(18,19)17(20,21)22)6-7-23-13(9)15-24-10-4-3-5-12(27-2)14(10)25-15/h3-7H,8H2,1-2H3,(H,24,25). The minimum Gasteiger partial charge on any atom is -0.486 e. The highest BCUT2D eigenvalue weighted by molar-refractivity contribution is 7.98. The number of aromatic amines is 1. The molecule has 0 spiro atoms. The van der Waals surface area contributed by atoms with Crippen LogP contribution in [0.3, 0.4) is 0 Å². The maximum atomic E-state index is 13.1. The van der Waals surface area contributed by atoms with Crippen molar-refractivity contribution in [2.75, 3.05) is 12.9 Å². The van der Waals surface area contributed by atoms with Crippen LogP contribution < -0.4 is 4.74 Å². The molecule has 2 aromatic heterocycles. The summed E-state index contributed by atoms with van der Waals surface area (Å²) >= 11 is 1.51. The van der Waals surface area contributed by atoms with Crippen molar-refractivity contribution in [2.45, 2.75) is 23.9 Å². The number of rotatable bonds is 5. The molecule has 0 aliphatic heterocycles. The lowest BCUT2D eigenvalue weighted by molar-refractivity contribution is -0.290. The minimum absolute atomic E-state index is 0.116. The molecule has 144 valence electrons. The van der Waals surface area contributed by atoms with Gasteiger partial charge in [0.05, 0.1) is 5.52 Å². The molecule has 2 heterocycles. The lowest BCUT2D eigenvalue weighted by atomic mass is 10.2. The Bertz CT molecular complexity index is 971. The summed E-state index contributed by atoms with van der Waals surface area (Å²) in [6.07, 6.45) is -2.50. The Balaban J connectivity index is 1.94. The molecule has 10 heteroatoms. The van der Waals surface area contributed by atoms with Crippen LogP contribution in [0.25, 0.3) is 22.6 Å². The van der Waals surface area contributed by atoms with Crippen LogP contribution in [0.15, 0.2) is 35.4 Å². The Morgan fingerprint density at radius 2 is 1.89 bits per heavy atom. The molecule has 0 atom stereocenters. The van der Waals surface area contributed by atoms with Crippen molar-refractivity contribution in [1.82, 2.24) is 15.0 Å². The highest BCUT2D eigenvalue weighted by atomic mass is 32.2. The summed E-state index contributed by atoms with van der Waals surface area (Å²) in [5.41, 5.74) is 2.09. The van der Waals surface area contributed by atoms with Gasteiger partial charge in [0.25, 0.3) is 0 Å². The number of nitrogens with zero attached hydrogens (tertiary/aromatic N) is 2. The number of fused-ring (bicyclic) bond motifs is 1. The van der Waals surface area contributed by atoms with Gasteiger partial charge in [-0.2, -0.15) is 22.0 Å². The highest BCUT2D eigenvalue weighted by Gasteiger charge is 2.58. The molecule has 0 saturated carbocycles. The molecule has 1 aromatic carbocycles. The van der Waals surface area contributed by atoms with Gasteiger partial charge in [0.1, 0.15) is 17.0 Å². The third kappa shape index (κ3) is 3.71. The van der Waals surface area contributed by atoms with Gasteiger partial charge in [0.2, 0.25) is 0 Å². The van der Waals surface area contributed by atoms with Crippen molar-refractivity contribution >= 4 is 22.8 Å². The van der Waals surface area contributed by atoms with Gasteiger partial charge in [0.15, 0.2) is 12.4 Å². The van der Waals surface area contributed by atoms with E-state index >= 15 is 0 Å². The molecule has 0 unspecified atom stereocenters. The third-order valence-electron chi connectivity index (χ3n) is 3.90. The third-order valence-corrected chi connectivity index (χ3v) is 4.67. The Kier molecular flexibility index (Phi) is 5.02. The van der Waals surface area contributed by atoms with E-state index in [0.717, 1.165) is 15.9 Å². The summed E-state index contributed by atoms with van der Waals surface area (Å²) in [4.78, 5) is 12.7. The number of para-hydroxylation sites is 1. The van der Waals surface area contributed by atoms with Crippen LogP contribution in [0.4, 0.5) is 22.0 Å². The molecule has 0 radical (unpaired) electrons. The molecule has 0 bridgehead atoms. The van der Waals surface area contributed by atoms with E-state index in [1.807, 2.05) is 24.5 Å². The van der Waals surface area contributed by atoms with E-state index in [9.17, 15) is 22.0 Å². The Hall–Kier alpha value is -2.36. The van der Waals surface area contributed by atoms with Gasteiger partial charge in [-0.3, -0.25) is 4.98 Å². The molecular formula is C17H14F5N3OS. The van der Waals surface area contributed by atoms with Gasteiger partial charge in [-0.05, 0) is 31.4 Å². The molecule has 0 aliphatic carbocycles. The molecule has 27 heavy (non-hydrogen) atoms. The number of hydrogen-bond acceptors (Lipinski definition) is 4. The summed E-state index contributed by atoms with van der Waals surface area (Å²) in [5.74, 6) is -4.69. The number of nitrogens with one attached hydrogen (secondary N) is 1. The largest absolute Gasteiger partial charge is 0.486 e. The van der Waals surface area contributed by atoms with Crippen LogP contribution in [0.2, 0.25) is 0 Å². The fourth-order valence-electron chi connectivity index (χ4n) is 2.45. The number of benzene rings is 1. The van der Waals surface area contributed by atoms with Crippen LogP contribution in [-0.2, 0) is 0 Å². The highest BCUT2D eigenvalue weighted by Crippen LogP contribution is 2.37. The van der Waals surface area contributed by atoms with Crippen LogP contribution in [-0.4, -0.2) is 39.9 Å². The van der Waals surface area contributed by atoms with Gasteiger partial charge in [-0.25, -0.2) is 4.98 Å². The second-order valence-corrected chi connectivity index (χ2v) is 6.56. The first-order valence-corrected chi connectivity index (χ1v) is 8.92. The zero-order valence-electron chi connectivity index (χ0n) is 14.2. The van der Waals surface area contributed by atoms with Crippen molar-refractivity contribution in [1.29, 1.82) is 0 Å². The second kappa shape index (κ2) is 6.99. The average Bonchev–Trinajstić information content (AvgIpc) is 3.03. The van der Waals surface area contributed by atoms with E-state index in [2.05, 4.69) is 15.0 Å². The fraction of sp³-hybridized carbons (Fsp3) is 0.294. The van der Waals surface area contributed by atoms with E-state index in [0.29, 0.717) is 17.1 Å². The Morgan fingerprint density at radius 3 is 2.56 bits per heavy atom. The second-order valence-electron chi connectivity index (χ2n) is 5.72. The van der Waals surface area contributed by atoms with E-state index in [4.69, 9.17) is 4.74 Å². The van der Waals surface area contributed by atoms with Crippen LogP contribution in [0.1, 0.15) is 5.56 Å². The van der Waals surface area contributed by atoms with Crippen LogP contribution >= 0.6 is 11.8 Å². The molecular weight excluding hydrogens is 389 g/mol. The first-order chi connectivity index (χ1) is 12.6. The lowest BCUT2D eigenvalue weighted by Crippen LogP contribution is -2.41. The number of H-pyrrole nitrogens is 1. The number of alkyl halides is 5. The van der Waals surface area contributed by atoms with Crippen molar-refractivity contribution in [2.24, 2.45) is 0 Å². The van der Waals surface area contributed by atoms with Gasteiger partial charge in [-0.15, -0.1) is 11.8 Å². The monoisotopic (exact) mass is 403 g/mol. The van der Waals surface area contributed by atoms with Crippen LogP contribution in [0, 0.1) is 6.92 Å². The molecule has 0 aliphatic rings. The first-order valence-electron chi connectivity index (χ1n) is 7.70. The lowest BCUT2D eigenvalue weighted by Gasteiger charge is -2.20. The molecule has 0 saturated heterocycles. The summed E-state index contributed by atoms with van der Waals surface area (Å²) in [7, 11) is 0. The maximum Gasteiger partial charge on any atom is 0.456 e. The molecule has 3 rings (SSSR count). The zero-order chi connectivity index (χ0) is 19.8. The van der Waals surface area contributed by atoms with E-state index in [-0.39, 0.29) is 5.75 Å². The number of halogens is 5. The van der Waals surface area contributed by atoms with E-state index in [1.165, 1.54) is 30.9 Å². The molecule has 3 aromatic rings. The molecule has 0 amide bonds. The van der Waals surface area contributed by atoms with Crippen molar-refractivity contribution in [3.8, 4) is 17.3 Å². The normalized spacial score (nSPS) is 12.6. The number of imidazole rings is 1. The smallest absolute Gasteiger partial charge is 0.456 e. The quantitative estimate of drug-likeness (QED) is 0.468. The summed E-state index contributed by atoms with van der Waals surface area (Å²) < 4.78 is 67.9. The zero-order valence-corrected chi connectivity index (χ0v) is 15.0. The van der Waals surface area contributed by atoms with Gasteiger partial charge in [-0.1, -0.05) is 6.07 Å². The summed E-state index contributed by atoms with van der Waals surface area (Å²) in [5, 5.41) is 0. The van der Waals surface area contributed by atoms with Crippen molar-refractivity contribution in [3.05, 3.63) is 36.0 Å². The predicted octanol–water partition coefficient (Wildman–Crippen LogP) is 5.23. The topological polar surface area (TPSA) is 50.8 Å². The number of thioether (sulfide) groups is 1.